The molecule has 0 radical (unpaired) electrons. The van der Waals surface area contributed by atoms with Gasteiger partial charge >= 0.3 is 0 Å². The lowest BCUT2D eigenvalue weighted by atomic mass is 9.64. The predicted octanol–water partition coefficient (Wildman–Crippen LogP) is 3.06. The zero-order valence-corrected chi connectivity index (χ0v) is 26.2. The van der Waals surface area contributed by atoms with Crippen LogP contribution in [0.15, 0.2) is 42.9 Å². The van der Waals surface area contributed by atoms with Gasteiger partial charge in [-0.15, -0.1) is 0 Å². The highest BCUT2D eigenvalue weighted by Crippen LogP contribution is 2.48. The molecule has 1 aromatic carbocycles. The van der Waals surface area contributed by atoms with Crippen LogP contribution in [-0.2, 0) is 4.74 Å². The van der Waals surface area contributed by atoms with E-state index >= 15 is 0 Å². The molecule has 6 heterocycles. The molecule has 4 aromatic rings. The van der Waals surface area contributed by atoms with Gasteiger partial charge in [0.05, 0.1) is 13.2 Å². The lowest BCUT2D eigenvalue weighted by Crippen LogP contribution is -2.56. The van der Waals surface area contributed by atoms with E-state index in [4.69, 9.17) is 20.4 Å². The van der Waals surface area contributed by atoms with Gasteiger partial charge in [0.25, 0.3) is 5.91 Å². The van der Waals surface area contributed by atoms with Gasteiger partial charge in [0.15, 0.2) is 17.3 Å². The maximum absolute atomic E-state index is 12.8. The number of aromatic amines is 1. The van der Waals surface area contributed by atoms with Crippen molar-refractivity contribution < 1.29 is 9.53 Å². The molecule has 46 heavy (non-hydrogen) atoms. The fourth-order valence-electron chi connectivity index (χ4n) is 7.50. The fourth-order valence-corrected chi connectivity index (χ4v) is 7.50. The Morgan fingerprint density at radius 1 is 0.957 bits per heavy atom. The van der Waals surface area contributed by atoms with Crippen molar-refractivity contribution in [1.82, 2.24) is 34.7 Å². The zero-order valence-electron chi connectivity index (χ0n) is 26.2. The molecule has 1 spiro atoms. The van der Waals surface area contributed by atoms with Crippen molar-refractivity contribution in [1.29, 1.82) is 0 Å². The number of hydrogen-bond donors (Lipinski definition) is 4. The molecule has 1 aliphatic carbocycles. The van der Waals surface area contributed by atoms with E-state index in [9.17, 15) is 4.79 Å². The normalized spacial score (nSPS) is 20.8. The Labute approximate surface area is 267 Å². The number of ether oxygens (including phenoxy) is 1. The first-order valence-corrected chi connectivity index (χ1v) is 16.3. The number of aromatic nitrogens is 5. The van der Waals surface area contributed by atoms with Crippen LogP contribution >= 0.6 is 0 Å². The van der Waals surface area contributed by atoms with Gasteiger partial charge in [-0.3, -0.25) is 9.69 Å². The summed E-state index contributed by atoms with van der Waals surface area (Å²) >= 11 is 0. The summed E-state index contributed by atoms with van der Waals surface area (Å²) in [6, 6.07) is 11.1. The Balaban J connectivity index is 1.03. The predicted molar refractivity (Wildman–Crippen MR) is 177 cm³/mol. The van der Waals surface area contributed by atoms with Gasteiger partial charge in [-0.25, -0.2) is 19.9 Å². The molecule has 8 rings (SSSR count). The van der Waals surface area contributed by atoms with Crippen LogP contribution in [0.3, 0.4) is 0 Å². The first-order valence-electron chi connectivity index (χ1n) is 16.3. The number of hydrogen-bond acceptors (Lipinski definition) is 11. The lowest BCUT2D eigenvalue weighted by molar-refractivity contribution is -0.159. The molecule has 3 saturated heterocycles. The van der Waals surface area contributed by atoms with Crippen LogP contribution in [0.4, 0.5) is 23.0 Å². The van der Waals surface area contributed by atoms with Gasteiger partial charge in [0.1, 0.15) is 23.4 Å². The van der Waals surface area contributed by atoms with Crippen molar-refractivity contribution in [2.24, 2.45) is 11.1 Å². The molecule has 5 N–H and O–H groups in total. The average Bonchev–Trinajstić information content (AvgIpc) is 3.52. The molecule has 0 atom stereocenters. The highest BCUT2D eigenvalue weighted by molar-refractivity contribution is 5.99. The van der Waals surface area contributed by atoms with E-state index < -0.39 is 5.91 Å². The number of H-pyrrole nitrogens is 1. The Hall–Kier alpha value is -4.33. The Morgan fingerprint density at radius 3 is 2.41 bits per heavy atom. The van der Waals surface area contributed by atoms with E-state index in [0.717, 1.165) is 63.3 Å². The molecule has 13 heteroatoms. The van der Waals surface area contributed by atoms with E-state index in [0.29, 0.717) is 34.7 Å². The minimum atomic E-state index is -0.670. The number of piperazine rings is 1. The van der Waals surface area contributed by atoms with Gasteiger partial charge in [0, 0.05) is 79.7 Å². The molecular weight excluding hydrogens is 582 g/mol. The largest absolute Gasteiger partial charge is 0.380 e. The number of fused-ring (bicyclic) bond motifs is 1. The second-order valence-electron chi connectivity index (χ2n) is 13.4. The van der Waals surface area contributed by atoms with E-state index in [2.05, 4.69) is 59.5 Å². The molecule has 13 nitrogen and oxygen atoms in total. The van der Waals surface area contributed by atoms with Gasteiger partial charge in [-0.05, 0) is 63.1 Å². The van der Waals surface area contributed by atoms with Gasteiger partial charge in [0.2, 0.25) is 0 Å². The van der Waals surface area contributed by atoms with Crippen LogP contribution in [0, 0.1) is 5.41 Å². The van der Waals surface area contributed by atoms with E-state index in [1.54, 1.807) is 6.20 Å². The Kier molecular flexibility index (Phi) is 7.46. The Bertz CT molecular complexity index is 1710. The summed E-state index contributed by atoms with van der Waals surface area (Å²) in [7, 11) is 2.21. The molecule has 0 bridgehead atoms. The van der Waals surface area contributed by atoms with Crippen molar-refractivity contribution in [2.75, 3.05) is 75.1 Å². The number of piperidine rings is 1. The van der Waals surface area contributed by atoms with Crippen molar-refractivity contribution in [3.05, 3.63) is 48.5 Å². The summed E-state index contributed by atoms with van der Waals surface area (Å²) in [6.45, 7) is 8.35. The van der Waals surface area contributed by atoms with Crippen molar-refractivity contribution in [2.45, 2.75) is 37.8 Å². The second-order valence-corrected chi connectivity index (χ2v) is 13.4. The first-order chi connectivity index (χ1) is 22.4. The molecule has 0 unspecified atom stereocenters. The number of nitrogens with one attached hydrogen (secondary N) is 3. The number of anilines is 4. The lowest BCUT2D eigenvalue weighted by Gasteiger charge is -2.53. The molecule has 240 valence electrons. The summed E-state index contributed by atoms with van der Waals surface area (Å²) in [6.07, 6.45) is 7.63. The summed E-state index contributed by atoms with van der Waals surface area (Å²) in [5, 5.41) is 7.72. The van der Waals surface area contributed by atoms with E-state index in [-0.39, 0.29) is 17.2 Å². The summed E-state index contributed by atoms with van der Waals surface area (Å²) < 4.78 is 5.47. The molecule has 1 amide bonds. The van der Waals surface area contributed by atoms with E-state index in [1.165, 1.54) is 37.9 Å². The number of carbonyl (C=O) groups excluding carboxylic acids is 1. The third-order valence-electron chi connectivity index (χ3n) is 10.2. The average molecular weight is 624 g/mol. The van der Waals surface area contributed by atoms with Crippen molar-refractivity contribution >= 4 is 40.0 Å². The number of carbonyl (C=O) groups is 1. The quantitative estimate of drug-likeness (QED) is 0.229. The van der Waals surface area contributed by atoms with Crippen LogP contribution in [0.2, 0.25) is 0 Å². The molecule has 3 aromatic heterocycles. The third kappa shape index (κ3) is 5.52. The maximum Gasteiger partial charge on any atom is 0.271 e. The smallest absolute Gasteiger partial charge is 0.271 e. The fraction of sp³-hybridized carbons (Fsp3) is 0.485. The molecule has 4 fully saturated rings. The summed E-state index contributed by atoms with van der Waals surface area (Å²) in [4.78, 5) is 42.0. The van der Waals surface area contributed by atoms with Gasteiger partial charge in [-0.2, -0.15) is 0 Å². The van der Waals surface area contributed by atoms with Crippen molar-refractivity contribution in [3.8, 4) is 11.4 Å². The maximum atomic E-state index is 12.8. The van der Waals surface area contributed by atoms with Crippen LogP contribution in [-0.4, -0.2) is 112 Å². The highest BCUT2D eigenvalue weighted by atomic mass is 16.5. The van der Waals surface area contributed by atoms with Crippen LogP contribution in [0.5, 0.6) is 0 Å². The van der Waals surface area contributed by atoms with Crippen molar-refractivity contribution in [3.63, 3.8) is 0 Å². The van der Waals surface area contributed by atoms with Crippen LogP contribution in [0.1, 0.15) is 36.2 Å². The van der Waals surface area contributed by atoms with Gasteiger partial charge < -0.3 is 35.9 Å². The molecule has 3 aliphatic heterocycles. The summed E-state index contributed by atoms with van der Waals surface area (Å²) in [5.41, 5.74) is 9.92. The van der Waals surface area contributed by atoms with E-state index in [1.807, 2.05) is 18.2 Å². The van der Waals surface area contributed by atoms with Crippen LogP contribution < -0.4 is 21.3 Å². The number of likely N-dealkylation sites (N-methyl/N-ethyl adjacent to an activating group) is 1. The monoisotopic (exact) mass is 623 g/mol. The second kappa shape index (κ2) is 11.8. The standard InChI is InChI=1S/C33H41N11O2/c1-42-12-14-44(15-13-42)24-7-10-43(11-8-24)23-4-2-21(3-5-23)38-32-28(29(34)45)40-27(26-25-6-9-35-30(25)37-20-36-26)31(41-32)39-22-16-33(17-22)18-46-19-33/h2-6,9,20,22,24H,7-8,10-19H2,1H3,(H2,34,45)(H,35,36,37)(H2,38,39,41). The first kappa shape index (κ1) is 29.1. The highest BCUT2D eigenvalue weighted by Gasteiger charge is 2.50. The number of rotatable bonds is 8. The minimum absolute atomic E-state index is 0.0513. The third-order valence-corrected chi connectivity index (χ3v) is 10.2. The molecule has 1 saturated carbocycles. The number of nitrogens with zero attached hydrogens (tertiary/aromatic N) is 7. The Morgan fingerprint density at radius 2 is 1.72 bits per heavy atom. The zero-order chi connectivity index (χ0) is 31.3. The minimum Gasteiger partial charge on any atom is -0.380 e. The molecular formula is C33H41N11O2. The number of amides is 1. The number of primary amides is 1. The SMILES string of the molecule is CN1CCN(C2CCN(c3ccc(Nc4nc(NC5CC6(COC6)C5)c(-c5ncnc6[nH]ccc56)nc4C(N)=O)cc3)CC2)CC1. The topological polar surface area (TPSA) is 153 Å². The number of benzene rings is 1. The number of nitrogens with two attached hydrogens (primary N) is 1. The summed E-state index contributed by atoms with van der Waals surface area (Å²) in [5.74, 6) is 0.185. The molecule has 4 aliphatic rings. The van der Waals surface area contributed by atoms with Gasteiger partial charge in [-0.1, -0.05) is 0 Å². The van der Waals surface area contributed by atoms with Crippen LogP contribution in [0.25, 0.3) is 22.4 Å².